The van der Waals surface area contributed by atoms with E-state index in [0.717, 1.165) is 6.92 Å². The minimum Gasteiger partial charge on any atom is -0.481 e. The van der Waals surface area contributed by atoms with Gasteiger partial charge in [-0.2, -0.15) is 0 Å². The van der Waals surface area contributed by atoms with Gasteiger partial charge in [-0.25, -0.2) is 4.79 Å². The Labute approximate surface area is 186 Å². The van der Waals surface area contributed by atoms with Crippen LogP contribution in [0.4, 0.5) is 0 Å². The predicted molar refractivity (Wildman–Crippen MR) is 106 cm³/mol. The monoisotopic (exact) mass is 477 g/mol. The zero-order valence-corrected chi connectivity index (χ0v) is 17.5. The Morgan fingerprint density at radius 1 is 0.788 bits per heavy atom. The summed E-state index contributed by atoms with van der Waals surface area (Å²) in [4.78, 5) is 80.7. The van der Waals surface area contributed by atoms with E-state index in [1.807, 2.05) is 16.0 Å². The molecule has 0 heterocycles. The number of primary amides is 1. The molecule has 4 amide bonds. The minimum absolute atomic E-state index is 0.379. The molecule has 33 heavy (non-hydrogen) atoms. The van der Waals surface area contributed by atoms with Crippen LogP contribution < -0.4 is 27.4 Å². The Morgan fingerprint density at radius 3 is 1.73 bits per heavy atom. The number of aliphatic hydroxyl groups excluding tert-OH is 1. The van der Waals surface area contributed by atoms with Gasteiger partial charge in [-0.3, -0.25) is 28.8 Å². The lowest BCUT2D eigenvalue weighted by atomic mass is 10.1. The van der Waals surface area contributed by atoms with Crippen LogP contribution in [-0.4, -0.2) is 92.2 Å². The van der Waals surface area contributed by atoms with Gasteiger partial charge in [0.15, 0.2) is 0 Å². The molecule has 0 saturated carbocycles. The molecule has 0 bridgehead atoms. The van der Waals surface area contributed by atoms with E-state index in [-0.39, 0.29) is 12.8 Å². The molecule has 0 aromatic rings. The molecule has 0 aromatic carbocycles. The van der Waals surface area contributed by atoms with Gasteiger partial charge in [0.1, 0.15) is 18.1 Å². The van der Waals surface area contributed by atoms with Crippen LogP contribution in [0.1, 0.15) is 32.6 Å². The van der Waals surface area contributed by atoms with Crippen LogP contribution in [-0.2, 0) is 33.6 Å². The van der Waals surface area contributed by atoms with Gasteiger partial charge in [0, 0.05) is 6.42 Å². The van der Waals surface area contributed by atoms with E-state index in [0.29, 0.717) is 0 Å². The molecular weight excluding hydrogens is 450 g/mol. The zero-order chi connectivity index (χ0) is 25.9. The van der Waals surface area contributed by atoms with Crippen LogP contribution in [0.2, 0.25) is 0 Å². The van der Waals surface area contributed by atoms with E-state index in [1.54, 1.807) is 0 Å². The Balaban J connectivity index is 5.45. The van der Waals surface area contributed by atoms with E-state index in [9.17, 15) is 38.7 Å². The summed E-state index contributed by atoms with van der Waals surface area (Å²) >= 11 is 0. The average molecular weight is 477 g/mol. The molecule has 16 heteroatoms. The summed E-state index contributed by atoms with van der Waals surface area (Å²) in [6.45, 7) is 1.07. The Kier molecular flexibility index (Phi) is 12.0. The number of aliphatic carboxylic acids is 3. The molecule has 16 nitrogen and oxygen atoms in total. The van der Waals surface area contributed by atoms with Crippen LogP contribution in [0.15, 0.2) is 0 Å². The number of aliphatic hydroxyl groups is 1. The Hall–Kier alpha value is -3.79. The van der Waals surface area contributed by atoms with E-state index in [2.05, 4.69) is 0 Å². The lowest BCUT2D eigenvalue weighted by Gasteiger charge is -2.26. The maximum absolute atomic E-state index is 12.5. The number of amides is 4. The van der Waals surface area contributed by atoms with Crippen molar-refractivity contribution in [3.05, 3.63) is 0 Å². The number of nitrogens with two attached hydrogens (primary N) is 2. The number of hydrogen-bond donors (Lipinski definition) is 9. The van der Waals surface area contributed by atoms with Gasteiger partial charge >= 0.3 is 17.9 Å². The molecule has 0 aromatic heterocycles. The quantitative estimate of drug-likeness (QED) is 0.108. The highest BCUT2D eigenvalue weighted by Crippen LogP contribution is 2.03. The van der Waals surface area contributed by atoms with Gasteiger partial charge in [-0.15, -0.1) is 0 Å². The first kappa shape index (κ1) is 29.2. The molecule has 0 rings (SSSR count). The van der Waals surface area contributed by atoms with Gasteiger partial charge in [0.05, 0.1) is 25.0 Å². The van der Waals surface area contributed by atoms with Crippen molar-refractivity contribution in [2.45, 2.75) is 62.9 Å². The second kappa shape index (κ2) is 13.6. The molecule has 5 atom stereocenters. The molecule has 0 aliphatic rings. The molecule has 186 valence electrons. The van der Waals surface area contributed by atoms with Crippen LogP contribution in [0.3, 0.4) is 0 Å². The summed E-state index contributed by atoms with van der Waals surface area (Å²) in [7, 11) is 0. The van der Waals surface area contributed by atoms with Gasteiger partial charge < -0.3 is 47.8 Å². The average Bonchev–Trinajstić information content (AvgIpc) is 2.66. The number of rotatable bonds is 15. The van der Waals surface area contributed by atoms with Gasteiger partial charge in [0.25, 0.3) is 0 Å². The Bertz CT molecular complexity index is 785. The third-order valence-electron chi connectivity index (χ3n) is 4.10. The molecule has 0 fully saturated rings. The molecule has 0 aliphatic heterocycles. The smallest absolute Gasteiger partial charge is 0.326 e. The van der Waals surface area contributed by atoms with Crippen LogP contribution in [0.5, 0.6) is 0 Å². The van der Waals surface area contributed by atoms with E-state index >= 15 is 0 Å². The summed E-state index contributed by atoms with van der Waals surface area (Å²) in [6.07, 6.45) is -4.16. The molecule has 0 aliphatic carbocycles. The lowest BCUT2D eigenvalue weighted by Crippen LogP contribution is -2.60. The molecule has 0 radical (unpaired) electrons. The Morgan fingerprint density at radius 2 is 1.30 bits per heavy atom. The van der Waals surface area contributed by atoms with Gasteiger partial charge in [0.2, 0.25) is 23.6 Å². The van der Waals surface area contributed by atoms with Crippen molar-refractivity contribution in [2.75, 3.05) is 0 Å². The molecule has 0 spiro atoms. The number of carbonyl (C=O) groups excluding carboxylic acids is 4. The highest BCUT2D eigenvalue weighted by molar-refractivity contribution is 5.96. The topological polar surface area (TPSA) is 289 Å². The third-order valence-corrected chi connectivity index (χ3v) is 4.10. The standard InChI is InChI=1S/C17H27N5O11/c1-6(23)13(16(31)20-8(17(32)33)2-3-10(19)24)22-15(30)9(5-12(27)28)21-14(29)7(18)4-11(25)26/h6-9,13,23H,2-5,18H2,1H3,(H2,19,24)(H,20,31)(H,21,29)(H,22,30)(H,25,26)(H,27,28)(H,32,33). The number of nitrogens with one attached hydrogen (secondary N) is 3. The van der Waals surface area contributed by atoms with Gasteiger partial charge in [-0.1, -0.05) is 0 Å². The number of carboxylic acid groups (broad SMARTS) is 3. The van der Waals surface area contributed by atoms with E-state index < -0.39 is 84.6 Å². The molecule has 5 unspecified atom stereocenters. The maximum Gasteiger partial charge on any atom is 0.326 e. The fourth-order valence-electron chi connectivity index (χ4n) is 2.41. The van der Waals surface area contributed by atoms with Crippen molar-refractivity contribution < 1.29 is 54.0 Å². The van der Waals surface area contributed by atoms with Crippen molar-refractivity contribution in [3.8, 4) is 0 Å². The number of carbonyl (C=O) groups is 7. The summed E-state index contributed by atoms with van der Waals surface area (Å²) in [6, 6.07) is -6.79. The van der Waals surface area contributed by atoms with E-state index in [4.69, 9.17) is 26.8 Å². The van der Waals surface area contributed by atoms with Crippen molar-refractivity contribution in [3.63, 3.8) is 0 Å². The van der Waals surface area contributed by atoms with Crippen molar-refractivity contribution in [1.29, 1.82) is 0 Å². The van der Waals surface area contributed by atoms with E-state index in [1.165, 1.54) is 0 Å². The first-order valence-electron chi connectivity index (χ1n) is 9.45. The normalized spacial score (nSPS) is 15.1. The van der Waals surface area contributed by atoms with Crippen LogP contribution >= 0.6 is 0 Å². The summed E-state index contributed by atoms with van der Waals surface area (Å²) < 4.78 is 0. The molecule has 11 N–H and O–H groups in total. The van der Waals surface area contributed by atoms with Crippen LogP contribution in [0, 0.1) is 0 Å². The zero-order valence-electron chi connectivity index (χ0n) is 17.5. The maximum atomic E-state index is 12.5. The first-order chi connectivity index (χ1) is 15.1. The lowest BCUT2D eigenvalue weighted by molar-refractivity contribution is -0.144. The predicted octanol–water partition coefficient (Wildman–Crippen LogP) is -4.55. The summed E-state index contributed by atoms with van der Waals surface area (Å²) in [5, 5.41) is 42.6. The summed E-state index contributed by atoms with van der Waals surface area (Å²) in [5.74, 6) is -8.91. The molecule has 0 saturated heterocycles. The SMILES string of the molecule is CC(O)C(NC(=O)C(CC(=O)O)NC(=O)C(N)CC(=O)O)C(=O)NC(CCC(N)=O)C(=O)O. The fraction of sp³-hybridized carbons (Fsp3) is 0.588. The fourth-order valence-corrected chi connectivity index (χ4v) is 2.41. The van der Waals surface area contributed by atoms with Crippen molar-refractivity contribution >= 4 is 41.5 Å². The largest absolute Gasteiger partial charge is 0.481 e. The summed E-state index contributed by atoms with van der Waals surface area (Å²) in [5.41, 5.74) is 10.3. The number of carboxylic acids is 3. The van der Waals surface area contributed by atoms with Crippen molar-refractivity contribution in [1.82, 2.24) is 16.0 Å². The second-order valence-corrected chi connectivity index (χ2v) is 6.99. The van der Waals surface area contributed by atoms with Gasteiger partial charge in [-0.05, 0) is 13.3 Å². The second-order valence-electron chi connectivity index (χ2n) is 6.99. The molecular formula is C17H27N5O11. The van der Waals surface area contributed by atoms with Crippen LogP contribution in [0.25, 0.3) is 0 Å². The first-order valence-corrected chi connectivity index (χ1v) is 9.45. The highest BCUT2D eigenvalue weighted by atomic mass is 16.4. The highest BCUT2D eigenvalue weighted by Gasteiger charge is 2.33. The minimum atomic E-state index is -1.81. The number of hydrogen-bond acceptors (Lipinski definition) is 9. The third kappa shape index (κ3) is 11.4. The van der Waals surface area contributed by atoms with Crippen molar-refractivity contribution in [2.24, 2.45) is 11.5 Å².